The van der Waals surface area contributed by atoms with Gasteiger partial charge >= 0.3 is 11.8 Å². The smallest absolute Gasteiger partial charge is 0.309 e. The Morgan fingerprint density at radius 2 is 1.62 bits per heavy atom. The van der Waals surface area contributed by atoms with Gasteiger partial charge in [-0.1, -0.05) is 32.9 Å². The largest absolute Gasteiger partial charge is 0.348 e. The first-order valence-corrected chi connectivity index (χ1v) is 10.4. The van der Waals surface area contributed by atoms with Gasteiger partial charge in [-0.15, -0.1) is 0 Å². The van der Waals surface area contributed by atoms with E-state index in [1.54, 1.807) is 38.1 Å². The van der Waals surface area contributed by atoms with Gasteiger partial charge < -0.3 is 10.6 Å². The van der Waals surface area contributed by atoms with Crippen molar-refractivity contribution in [2.24, 2.45) is 0 Å². The van der Waals surface area contributed by atoms with Crippen molar-refractivity contribution in [3.63, 3.8) is 0 Å². The van der Waals surface area contributed by atoms with E-state index in [9.17, 15) is 18.0 Å². The Morgan fingerprint density at radius 1 is 1.04 bits per heavy atom. The van der Waals surface area contributed by atoms with Gasteiger partial charge in [-0.25, -0.2) is 8.42 Å². The van der Waals surface area contributed by atoms with Gasteiger partial charge in [-0.2, -0.15) is 4.31 Å². The summed E-state index contributed by atoms with van der Waals surface area (Å²) in [5.41, 5.74) is 0.881. The van der Waals surface area contributed by atoms with E-state index in [0.717, 1.165) is 12.0 Å². The molecule has 7 nitrogen and oxygen atoms in total. The van der Waals surface area contributed by atoms with Gasteiger partial charge in [-0.05, 0) is 37.5 Å². The first kappa shape index (κ1) is 22.1. The maximum Gasteiger partial charge on any atom is 0.309 e. The molecule has 0 fully saturated rings. The highest BCUT2D eigenvalue weighted by Crippen LogP contribution is 2.16. The molecule has 0 aromatic heterocycles. The van der Waals surface area contributed by atoms with Crippen molar-refractivity contribution < 1.29 is 18.0 Å². The molecular weight excluding hydrogens is 354 g/mol. The predicted molar refractivity (Wildman–Crippen MR) is 101 cm³/mol. The number of rotatable bonds is 9. The van der Waals surface area contributed by atoms with Gasteiger partial charge in [0, 0.05) is 25.7 Å². The van der Waals surface area contributed by atoms with Crippen molar-refractivity contribution in [3.8, 4) is 0 Å². The quantitative estimate of drug-likeness (QED) is 0.628. The first-order chi connectivity index (χ1) is 12.3. The van der Waals surface area contributed by atoms with Crippen LogP contribution in [0, 0.1) is 0 Å². The molecule has 0 aliphatic heterocycles. The van der Waals surface area contributed by atoms with Crippen LogP contribution in [0.1, 0.15) is 39.7 Å². The standard InChI is InChI=1S/C18H29N3O4S/c1-5-14(4)20-18(23)17(22)19-13-12-15-8-10-16(11-9-15)26(24,25)21(6-2)7-3/h8-11,14H,5-7,12-13H2,1-4H3,(H,19,22)(H,20,23)/t14-/m0/s1. The molecule has 1 rings (SSSR count). The van der Waals surface area contributed by atoms with E-state index in [1.165, 1.54) is 4.31 Å². The molecule has 146 valence electrons. The van der Waals surface area contributed by atoms with E-state index in [-0.39, 0.29) is 10.9 Å². The van der Waals surface area contributed by atoms with Crippen LogP contribution >= 0.6 is 0 Å². The molecule has 0 aliphatic rings. The van der Waals surface area contributed by atoms with Crippen LogP contribution in [-0.4, -0.2) is 50.2 Å². The summed E-state index contributed by atoms with van der Waals surface area (Å²) in [6.45, 7) is 8.50. The molecular formula is C18H29N3O4S. The summed E-state index contributed by atoms with van der Waals surface area (Å²) in [7, 11) is -3.47. The van der Waals surface area contributed by atoms with Crippen LogP contribution in [0.4, 0.5) is 0 Å². The molecule has 0 saturated heterocycles. The lowest BCUT2D eigenvalue weighted by atomic mass is 10.1. The summed E-state index contributed by atoms with van der Waals surface area (Å²) in [6.07, 6.45) is 1.26. The second kappa shape index (κ2) is 10.3. The second-order valence-electron chi connectivity index (χ2n) is 6.02. The molecule has 0 radical (unpaired) electrons. The number of nitrogens with zero attached hydrogens (tertiary/aromatic N) is 1. The van der Waals surface area contributed by atoms with Gasteiger partial charge in [-0.3, -0.25) is 9.59 Å². The van der Waals surface area contributed by atoms with Crippen LogP contribution < -0.4 is 10.6 Å². The lowest BCUT2D eigenvalue weighted by molar-refractivity contribution is -0.139. The van der Waals surface area contributed by atoms with Crippen molar-refractivity contribution in [1.29, 1.82) is 0 Å². The number of amides is 2. The van der Waals surface area contributed by atoms with Crippen LogP contribution in [0.2, 0.25) is 0 Å². The normalized spacial score (nSPS) is 12.7. The minimum Gasteiger partial charge on any atom is -0.348 e. The van der Waals surface area contributed by atoms with Crippen molar-refractivity contribution in [2.75, 3.05) is 19.6 Å². The average Bonchev–Trinajstić information content (AvgIpc) is 2.62. The maximum atomic E-state index is 12.4. The summed E-state index contributed by atoms with van der Waals surface area (Å²) >= 11 is 0. The molecule has 1 aromatic rings. The van der Waals surface area contributed by atoms with Gasteiger partial charge in [0.25, 0.3) is 0 Å². The highest BCUT2D eigenvalue weighted by atomic mass is 32.2. The summed E-state index contributed by atoms with van der Waals surface area (Å²) in [5.74, 6) is -1.30. The molecule has 0 unspecified atom stereocenters. The summed E-state index contributed by atoms with van der Waals surface area (Å²) in [6, 6.07) is 6.54. The number of carbonyl (C=O) groups excluding carboxylic acids is 2. The van der Waals surface area contributed by atoms with Crippen LogP contribution in [0.15, 0.2) is 29.2 Å². The number of carbonyl (C=O) groups is 2. The van der Waals surface area contributed by atoms with E-state index < -0.39 is 21.8 Å². The third-order valence-corrected chi connectivity index (χ3v) is 6.23. The highest BCUT2D eigenvalue weighted by Gasteiger charge is 2.21. The van der Waals surface area contributed by atoms with Gasteiger partial charge in [0.05, 0.1) is 4.90 Å². The molecule has 0 bridgehead atoms. The van der Waals surface area contributed by atoms with Crippen molar-refractivity contribution in [2.45, 2.75) is 51.5 Å². The highest BCUT2D eigenvalue weighted by molar-refractivity contribution is 7.89. The average molecular weight is 384 g/mol. The monoisotopic (exact) mass is 383 g/mol. The van der Waals surface area contributed by atoms with Crippen molar-refractivity contribution >= 4 is 21.8 Å². The molecule has 0 aliphatic carbocycles. The summed E-state index contributed by atoms with van der Waals surface area (Å²) < 4.78 is 26.2. The lowest BCUT2D eigenvalue weighted by Crippen LogP contribution is -2.43. The Labute approximate surface area is 156 Å². The molecule has 1 aromatic carbocycles. The van der Waals surface area contributed by atoms with E-state index in [1.807, 2.05) is 13.8 Å². The Morgan fingerprint density at radius 3 is 2.12 bits per heavy atom. The zero-order chi connectivity index (χ0) is 19.7. The Hall–Kier alpha value is -1.93. The molecule has 8 heteroatoms. The minimum absolute atomic E-state index is 0.0476. The second-order valence-corrected chi connectivity index (χ2v) is 7.96. The maximum absolute atomic E-state index is 12.4. The van der Waals surface area contributed by atoms with Crippen LogP contribution in [-0.2, 0) is 26.0 Å². The first-order valence-electron chi connectivity index (χ1n) is 8.93. The van der Waals surface area contributed by atoms with E-state index in [4.69, 9.17) is 0 Å². The fourth-order valence-electron chi connectivity index (χ4n) is 2.33. The number of benzene rings is 1. The SMILES string of the molecule is CC[C@H](C)NC(=O)C(=O)NCCc1ccc(S(=O)(=O)N(CC)CC)cc1. The summed E-state index contributed by atoms with van der Waals surface area (Å²) in [4.78, 5) is 23.6. The fraction of sp³-hybridized carbons (Fsp3) is 0.556. The van der Waals surface area contributed by atoms with E-state index in [2.05, 4.69) is 10.6 Å². The number of hydrogen-bond acceptors (Lipinski definition) is 4. The Bertz CT molecular complexity index is 698. The molecule has 0 saturated carbocycles. The number of sulfonamides is 1. The van der Waals surface area contributed by atoms with Crippen LogP contribution in [0.5, 0.6) is 0 Å². The molecule has 2 N–H and O–H groups in total. The Kier molecular flexibility index (Phi) is 8.74. The van der Waals surface area contributed by atoms with Crippen LogP contribution in [0.3, 0.4) is 0 Å². The zero-order valence-electron chi connectivity index (χ0n) is 15.9. The molecule has 0 spiro atoms. The molecule has 26 heavy (non-hydrogen) atoms. The minimum atomic E-state index is -3.47. The van der Waals surface area contributed by atoms with E-state index in [0.29, 0.717) is 26.1 Å². The molecule has 2 amide bonds. The lowest BCUT2D eigenvalue weighted by Gasteiger charge is -2.18. The predicted octanol–water partition coefficient (Wildman–Crippen LogP) is 1.29. The van der Waals surface area contributed by atoms with Crippen molar-refractivity contribution in [1.82, 2.24) is 14.9 Å². The van der Waals surface area contributed by atoms with Crippen molar-refractivity contribution in [3.05, 3.63) is 29.8 Å². The summed E-state index contributed by atoms with van der Waals surface area (Å²) in [5, 5.41) is 5.17. The van der Waals surface area contributed by atoms with Crippen LogP contribution in [0.25, 0.3) is 0 Å². The third kappa shape index (κ3) is 6.10. The number of nitrogens with one attached hydrogen (secondary N) is 2. The van der Waals surface area contributed by atoms with Gasteiger partial charge in [0.15, 0.2) is 0 Å². The zero-order valence-corrected chi connectivity index (χ0v) is 16.7. The third-order valence-electron chi connectivity index (χ3n) is 4.16. The number of hydrogen-bond donors (Lipinski definition) is 2. The Balaban J connectivity index is 2.58. The molecule has 1 atom stereocenters. The fourth-order valence-corrected chi connectivity index (χ4v) is 3.79. The van der Waals surface area contributed by atoms with Gasteiger partial charge in [0.2, 0.25) is 10.0 Å². The van der Waals surface area contributed by atoms with Gasteiger partial charge in [0.1, 0.15) is 0 Å². The molecule has 0 heterocycles. The van der Waals surface area contributed by atoms with E-state index >= 15 is 0 Å². The topological polar surface area (TPSA) is 95.6 Å².